The van der Waals surface area contributed by atoms with E-state index in [1.54, 1.807) is 0 Å². The maximum Gasteiger partial charge on any atom is 0.417 e. The van der Waals surface area contributed by atoms with Crippen molar-refractivity contribution in [2.45, 2.75) is 37.2 Å². The number of thioether (sulfide) groups is 1. The molecule has 0 saturated carbocycles. The lowest BCUT2D eigenvalue weighted by molar-refractivity contribution is -0.137. The first-order chi connectivity index (χ1) is 9.84. The molecule has 0 amide bonds. The van der Waals surface area contributed by atoms with Crippen molar-refractivity contribution in [1.29, 1.82) is 0 Å². The van der Waals surface area contributed by atoms with Crippen LogP contribution in [0.15, 0.2) is 27.9 Å². The smallest absolute Gasteiger partial charge is 0.339 e. The molecule has 2 heterocycles. The van der Waals surface area contributed by atoms with Crippen LogP contribution < -0.4 is 0 Å². The lowest BCUT2D eigenvalue weighted by Crippen LogP contribution is -2.05. The molecule has 2 rings (SSSR count). The van der Waals surface area contributed by atoms with Gasteiger partial charge in [-0.1, -0.05) is 30.8 Å². The summed E-state index contributed by atoms with van der Waals surface area (Å²) >= 11 is 1.26. The molecule has 0 N–H and O–H groups in total. The van der Waals surface area contributed by atoms with Gasteiger partial charge in [-0.05, 0) is 18.1 Å². The Labute approximate surface area is 124 Å². The molecule has 8 heteroatoms. The molecule has 0 radical (unpaired) electrons. The minimum Gasteiger partial charge on any atom is -0.339 e. The van der Waals surface area contributed by atoms with E-state index in [0.717, 1.165) is 12.3 Å². The molecule has 4 nitrogen and oxygen atoms in total. The molecular formula is C13H14F3N3OS. The molecule has 0 aliphatic carbocycles. The van der Waals surface area contributed by atoms with Gasteiger partial charge in [-0.3, -0.25) is 0 Å². The second-order valence-corrected chi connectivity index (χ2v) is 5.87. The van der Waals surface area contributed by atoms with Crippen LogP contribution in [-0.2, 0) is 18.3 Å². The summed E-state index contributed by atoms with van der Waals surface area (Å²) in [5.74, 6) is 1.90. The van der Waals surface area contributed by atoms with Crippen molar-refractivity contribution in [3.05, 3.63) is 35.6 Å². The summed E-state index contributed by atoms with van der Waals surface area (Å²) in [4.78, 5) is 7.99. The van der Waals surface area contributed by atoms with Gasteiger partial charge in [0.2, 0.25) is 5.89 Å². The zero-order chi connectivity index (χ0) is 15.5. The van der Waals surface area contributed by atoms with Gasteiger partial charge in [-0.2, -0.15) is 18.2 Å². The number of aromatic nitrogens is 3. The summed E-state index contributed by atoms with van der Waals surface area (Å²) in [6.45, 7) is 4.09. The average molecular weight is 317 g/mol. The molecule has 0 aliphatic rings. The molecule has 2 aromatic rings. The van der Waals surface area contributed by atoms with Gasteiger partial charge in [0.15, 0.2) is 5.82 Å². The second-order valence-electron chi connectivity index (χ2n) is 4.87. The van der Waals surface area contributed by atoms with Crippen LogP contribution in [0.4, 0.5) is 13.2 Å². The number of halogens is 3. The number of pyridine rings is 1. The molecule has 0 atom stereocenters. The van der Waals surface area contributed by atoms with Crippen molar-refractivity contribution >= 4 is 11.8 Å². The average Bonchev–Trinajstić information content (AvgIpc) is 2.82. The van der Waals surface area contributed by atoms with Crippen molar-refractivity contribution in [2.24, 2.45) is 5.92 Å². The maximum atomic E-state index is 12.4. The summed E-state index contributed by atoms with van der Waals surface area (Å²) in [5.41, 5.74) is -0.759. The lowest BCUT2D eigenvalue weighted by atomic mass is 10.1. The molecule has 0 bridgehead atoms. The molecule has 0 fully saturated rings. The standard InChI is InChI=1S/C13H14F3N3OS/c1-8(2)5-11-18-10(19-20-11)7-21-12-4-3-9(6-17-12)13(14,15)16/h3-4,6,8H,5,7H2,1-2H3. The highest BCUT2D eigenvalue weighted by molar-refractivity contribution is 7.98. The third kappa shape index (κ3) is 4.73. The van der Waals surface area contributed by atoms with E-state index >= 15 is 0 Å². The van der Waals surface area contributed by atoms with Gasteiger partial charge >= 0.3 is 6.18 Å². The van der Waals surface area contributed by atoms with E-state index in [0.29, 0.717) is 34.8 Å². The first-order valence-corrected chi connectivity index (χ1v) is 7.30. The van der Waals surface area contributed by atoms with E-state index in [1.165, 1.54) is 17.8 Å². The molecule has 114 valence electrons. The Bertz CT molecular complexity index is 581. The van der Waals surface area contributed by atoms with Crippen molar-refractivity contribution in [2.75, 3.05) is 0 Å². The highest BCUT2D eigenvalue weighted by Gasteiger charge is 2.30. The normalized spacial score (nSPS) is 12.1. The first kappa shape index (κ1) is 15.8. The van der Waals surface area contributed by atoms with E-state index in [4.69, 9.17) is 4.52 Å². The zero-order valence-electron chi connectivity index (χ0n) is 11.5. The van der Waals surface area contributed by atoms with Crippen LogP contribution in [-0.4, -0.2) is 15.1 Å². The number of alkyl halides is 3. The topological polar surface area (TPSA) is 51.8 Å². The Hall–Kier alpha value is -1.57. The first-order valence-electron chi connectivity index (χ1n) is 6.32. The second kappa shape index (κ2) is 6.46. The van der Waals surface area contributed by atoms with Gasteiger partial charge in [0, 0.05) is 12.6 Å². The molecule has 2 aromatic heterocycles. The van der Waals surface area contributed by atoms with E-state index in [2.05, 4.69) is 15.1 Å². The molecule has 0 saturated heterocycles. The van der Waals surface area contributed by atoms with Crippen LogP contribution in [0.3, 0.4) is 0 Å². The van der Waals surface area contributed by atoms with Crippen molar-refractivity contribution in [3.63, 3.8) is 0 Å². The van der Waals surface area contributed by atoms with E-state index < -0.39 is 11.7 Å². The van der Waals surface area contributed by atoms with Crippen molar-refractivity contribution in [1.82, 2.24) is 15.1 Å². The van der Waals surface area contributed by atoms with Crippen LogP contribution in [0.2, 0.25) is 0 Å². The Kier molecular flexibility index (Phi) is 4.87. The quantitative estimate of drug-likeness (QED) is 0.781. The monoisotopic (exact) mass is 317 g/mol. The molecule has 0 spiro atoms. The Morgan fingerprint density at radius 3 is 2.62 bits per heavy atom. The highest BCUT2D eigenvalue weighted by atomic mass is 32.2. The Balaban J connectivity index is 1.92. The van der Waals surface area contributed by atoms with Gasteiger partial charge < -0.3 is 4.52 Å². The number of nitrogens with zero attached hydrogens (tertiary/aromatic N) is 3. The minimum absolute atomic E-state index is 0.403. The number of rotatable bonds is 5. The largest absolute Gasteiger partial charge is 0.417 e. The zero-order valence-corrected chi connectivity index (χ0v) is 12.3. The Morgan fingerprint density at radius 1 is 1.29 bits per heavy atom. The molecule has 0 aliphatic heterocycles. The summed E-state index contributed by atoms with van der Waals surface area (Å²) in [6, 6.07) is 2.35. The van der Waals surface area contributed by atoms with Crippen LogP contribution >= 0.6 is 11.8 Å². The summed E-state index contributed by atoms with van der Waals surface area (Å²) in [7, 11) is 0. The maximum absolute atomic E-state index is 12.4. The fourth-order valence-corrected chi connectivity index (χ4v) is 2.24. The van der Waals surface area contributed by atoms with Crippen molar-refractivity contribution < 1.29 is 17.7 Å². The third-order valence-corrected chi connectivity index (χ3v) is 3.45. The summed E-state index contributed by atoms with van der Waals surface area (Å²) in [6.07, 6.45) is -2.84. The van der Waals surface area contributed by atoms with Gasteiger partial charge in [0.05, 0.1) is 16.3 Å². The van der Waals surface area contributed by atoms with E-state index in [-0.39, 0.29) is 0 Å². The molecule has 0 aromatic carbocycles. The van der Waals surface area contributed by atoms with Crippen LogP contribution in [0.25, 0.3) is 0 Å². The molecule has 21 heavy (non-hydrogen) atoms. The van der Waals surface area contributed by atoms with Crippen LogP contribution in [0, 0.1) is 5.92 Å². The lowest BCUT2D eigenvalue weighted by Gasteiger charge is -2.05. The SMILES string of the molecule is CC(C)Cc1nc(CSc2ccc(C(F)(F)F)cn2)no1. The predicted octanol–water partition coefficient (Wildman–Crippen LogP) is 3.97. The van der Waals surface area contributed by atoms with Gasteiger partial charge in [-0.15, -0.1) is 0 Å². The van der Waals surface area contributed by atoms with Crippen molar-refractivity contribution in [3.8, 4) is 0 Å². The summed E-state index contributed by atoms with van der Waals surface area (Å²) < 4.78 is 42.3. The minimum atomic E-state index is -4.37. The van der Waals surface area contributed by atoms with Crippen LogP contribution in [0.5, 0.6) is 0 Å². The number of hydrogen-bond donors (Lipinski definition) is 0. The van der Waals surface area contributed by atoms with Gasteiger partial charge in [0.1, 0.15) is 0 Å². The molecule has 0 unspecified atom stereocenters. The van der Waals surface area contributed by atoms with E-state index in [9.17, 15) is 13.2 Å². The number of hydrogen-bond acceptors (Lipinski definition) is 5. The predicted molar refractivity (Wildman–Crippen MR) is 71.6 cm³/mol. The molecular weight excluding hydrogens is 303 g/mol. The third-order valence-electron chi connectivity index (χ3n) is 2.51. The van der Waals surface area contributed by atoms with E-state index in [1.807, 2.05) is 13.8 Å². The fraction of sp³-hybridized carbons (Fsp3) is 0.462. The Morgan fingerprint density at radius 2 is 2.05 bits per heavy atom. The summed E-state index contributed by atoms with van der Waals surface area (Å²) in [5, 5.41) is 4.31. The van der Waals surface area contributed by atoms with Gasteiger partial charge in [0.25, 0.3) is 0 Å². The highest BCUT2D eigenvalue weighted by Crippen LogP contribution is 2.30. The van der Waals surface area contributed by atoms with Gasteiger partial charge in [-0.25, -0.2) is 4.98 Å². The van der Waals surface area contributed by atoms with Crippen LogP contribution in [0.1, 0.15) is 31.1 Å². The fourth-order valence-electron chi connectivity index (χ4n) is 1.55.